The van der Waals surface area contributed by atoms with Crippen LogP contribution in [0.5, 0.6) is 5.75 Å². The van der Waals surface area contributed by atoms with Crippen LogP contribution in [0.15, 0.2) is 23.7 Å². The van der Waals surface area contributed by atoms with Crippen LogP contribution in [-0.2, 0) is 4.74 Å². The summed E-state index contributed by atoms with van der Waals surface area (Å²) in [7, 11) is 1.34. The van der Waals surface area contributed by atoms with Gasteiger partial charge in [-0.2, -0.15) is 0 Å². The number of hydrogen-bond donors (Lipinski definition) is 1. The predicted molar refractivity (Wildman–Crippen MR) is 79.6 cm³/mol. The van der Waals surface area contributed by atoms with E-state index in [9.17, 15) is 4.79 Å². The van der Waals surface area contributed by atoms with Gasteiger partial charge in [-0.25, -0.2) is 4.79 Å². The zero-order valence-corrected chi connectivity index (χ0v) is 12.4. The lowest BCUT2D eigenvalue weighted by Crippen LogP contribution is -2.05. The van der Waals surface area contributed by atoms with Crippen LogP contribution in [0.1, 0.15) is 21.6 Å². The van der Waals surface area contributed by atoms with E-state index in [4.69, 9.17) is 21.1 Å². The van der Waals surface area contributed by atoms with Crippen molar-refractivity contribution in [1.29, 1.82) is 0 Å². The Hall–Kier alpha value is -1.94. The molecule has 1 heterocycles. The molecule has 4 nitrogen and oxygen atoms in total. The first-order chi connectivity index (χ1) is 9.60. The fourth-order valence-corrected chi connectivity index (χ4v) is 2.20. The van der Waals surface area contributed by atoms with Crippen LogP contribution in [0.3, 0.4) is 0 Å². The van der Waals surface area contributed by atoms with E-state index >= 15 is 0 Å². The van der Waals surface area contributed by atoms with Gasteiger partial charge < -0.3 is 14.5 Å². The molecule has 1 aromatic heterocycles. The number of fused-ring (bicyclic) bond motifs is 1. The lowest BCUT2D eigenvalue weighted by Gasteiger charge is -2.06. The van der Waals surface area contributed by atoms with Gasteiger partial charge in [0.15, 0.2) is 11.4 Å². The highest BCUT2D eigenvalue weighted by Gasteiger charge is 2.21. The Morgan fingerprint density at radius 2 is 2.05 bits per heavy atom. The maximum atomic E-state index is 11.9. The second kappa shape index (κ2) is 6.01. The van der Waals surface area contributed by atoms with E-state index in [0.29, 0.717) is 11.4 Å². The molecule has 1 aromatic carbocycles. The minimum absolute atomic E-state index is 0.286. The summed E-state index contributed by atoms with van der Waals surface area (Å²) in [5.41, 5.74) is 4.66. The third-order valence-corrected chi connectivity index (χ3v) is 3.31. The smallest absolute Gasteiger partial charge is 0.358 e. The van der Waals surface area contributed by atoms with Gasteiger partial charge in [-0.1, -0.05) is 23.7 Å². The summed E-state index contributed by atoms with van der Waals surface area (Å²) in [6.45, 7) is 4.23. The van der Waals surface area contributed by atoms with Crippen LogP contribution >= 0.6 is 11.6 Å². The summed E-state index contributed by atoms with van der Waals surface area (Å²) < 4.78 is 10.5. The van der Waals surface area contributed by atoms with Gasteiger partial charge in [-0.05, 0) is 31.1 Å². The number of aromatic amines is 1. The molecule has 0 radical (unpaired) electrons. The van der Waals surface area contributed by atoms with Gasteiger partial charge in [0.1, 0.15) is 6.61 Å². The van der Waals surface area contributed by atoms with E-state index in [1.54, 1.807) is 6.08 Å². The maximum absolute atomic E-state index is 11.9. The summed E-state index contributed by atoms with van der Waals surface area (Å²) >= 11 is 5.49. The standard InChI is InChI=1S/C15H16ClNO3/c1-9-5-6-10(2)12-11(9)14(20-8-4-7-16)13(17-12)15(18)19-3/h4-7,17H,8H2,1-3H3. The van der Waals surface area contributed by atoms with E-state index in [-0.39, 0.29) is 6.61 Å². The van der Waals surface area contributed by atoms with E-state index in [0.717, 1.165) is 22.0 Å². The topological polar surface area (TPSA) is 51.3 Å². The van der Waals surface area contributed by atoms with Crippen molar-refractivity contribution in [3.05, 3.63) is 40.6 Å². The van der Waals surface area contributed by atoms with Crippen molar-refractivity contribution in [3.63, 3.8) is 0 Å². The molecular weight excluding hydrogens is 278 g/mol. The Labute approximate surface area is 122 Å². The molecule has 0 saturated heterocycles. The Kier molecular flexibility index (Phi) is 4.35. The number of carbonyl (C=O) groups is 1. The van der Waals surface area contributed by atoms with Crippen molar-refractivity contribution in [1.82, 2.24) is 4.98 Å². The van der Waals surface area contributed by atoms with Gasteiger partial charge in [-0.15, -0.1) is 0 Å². The Morgan fingerprint density at radius 3 is 2.70 bits per heavy atom. The largest absolute Gasteiger partial charge is 0.486 e. The first kappa shape index (κ1) is 14.5. The zero-order chi connectivity index (χ0) is 14.7. The number of H-pyrrole nitrogens is 1. The highest BCUT2D eigenvalue weighted by molar-refractivity contribution is 6.25. The number of carbonyl (C=O) groups excluding carboxylic acids is 1. The van der Waals surface area contributed by atoms with E-state index in [2.05, 4.69) is 4.98 Å². The Balaban J connectivity index is 2.64. The van der Waals surface area contributed by atoms with Crippen molar-refractivity contribution in [3.8, 4) is 5.75 Å². The summed E-state index contributed by atoms with van der Waals surface area (Å²) in [5.74, 6) is 0.0488. The van der Waals surface area contributed by atoms with Gasteiger partial charge in [-0.3, -0.25) is 0 Å². The normalized spacial score (nSPS) is 11.2. The highest BCUT2D eigenvalue weighted by Crippen LogP contribution is 2.35. The molecule has 0 bridgehead atoms. The van der Waals surface area contributed by atoms with Crippen LogP contribution in [0.2, 0.25) is 0 Å². The van der Waals surface area contributed by atoms with Gasteiger partial charge in [0.25, 0.3) is 0 Å². The number of methoxy groups -OCH3 is 1. The molecule has 0 atom stereocenters. The lowest BCUT2D eigenvalue weighted by molar-refractivity contribution is 0.0591. The molecule has 106 valence electrons. The molecule has 0 amide bonds. The third kappa shape index (κ3) is 2.51. The molecular formula is C15H16ClNO3. The number of aryl methyl sites for hydroxylation is 2. The molecule has 20 heavy (non-hydrogen) atoms. The average Bonchev–Trinajstić information content (AvgIpc) is 2.83. The van der Waals surface area contributed by atoms with Crippen LogP contribution in [0.25, 0.3) is 10.9 Å². The van der Waals surface area contributed by atoms with Crippen molar-refractivity contribution < 1.29 is 14.3 Å². The van der Waals surface area contributed by atoms with Gasteiger partial charge in [0.05, 0.1) is 12.6 Å². The van der Waals surface area contributed by atoms with Gasteiger partial charge in [0, 0.05) is 10.9 Å². The van der Waals surface area contributed by atoms with Crippen molar-refractivity contribution >= 4 is 28.5 Å². The third-order valence-electron chi connectivity index (χ3n) is 3.13. The molecule has 0 unspecified atom stereocenters. The number of ether oxygens (including phenoxy) is 2. The van der Waals surface area contributed by atoms with Crippen LogP contribution in [0, 0.1) is 13.8 Å². The molecule has 0 aliphatic heterocycles. The molecule has 2 rings (SSSR count). The van der Waals surface area contributed by atoms with E-state index in [1.165, 1.54) is 12.6 Å². The summed E-state index contributed by atoms with van der Waals surface area (Å²) in [4.78, 5) is 15.0. The average molecular weight is 294 g/mol. The minimum atomic E-state index is -0.454. The molecule has 2 aromatic rings. The van der Waals surface area contributed by atoms with Crippen molar-refractivity contribution in [2.75, 3.05) is 13.7 Å². The number of aromatic nitrogens is 1. The zero-order valence-electron chi connectivity index (χ0n) is 11.6. The molecule has 0 aliphatic rings. The number of nitrogens with one attached hydrogen (secondary N) is 1. The van der Waals surface area contributed by atoms with Crippen molar-refractivity contribution in [2.24, 2.45) is 0 Å². The molecule has 0 aliphatic carbocycles. The molecule has 0 fully saturated rings. The summed E-state index contributed by atoms with van der Waals surface area (Å²) in [6.07, 6.45) is 1.66. The number of esters is 1. The lowest BCUT2D eigenvalue weighted by atomic mass is 10.1. The fraction of sp³-hybridized carbons (Fsp3) is 0.267. The number of hydrogen-bond acceptors (Lipinski definition) is 3. The second-order valence-corrected chi connectivity index (χ2v) is 4.69. The Bertz CT molecular complexity index is 673. The van der Waals surface area contributed by atoms with E-state index in [1.807, 2.05) is 26.0 Å². The number of benzene rings is 1. The fourth-order valence-electron chi connectivity index (χ4n) is 2.13. The molecule has 0 saturated carbocycles. The highest BCUT2D eigenvalue weighted by atomic mass is 35.5. The first-order valence-corrected chi connectivity index (χ1v) is 6.62. The van der Waals surface area contributed by atoms with Crippen molar-refractivity contribution in [2.45, 2.75) is 13.8 Å². The predicted octanol–water partition coefficient (Wildman–Crippen LogP) is 3.70. The quantitative estimate of drug-likeness (QED) is 0.875. The molecule has 5 heteroatoms. The van der Waals surface area contributed by atoms with E-state index < -0.39 is 5.97 Å². The van der Waals surface area contributed by atoms with Gasteiger partial charge in [0.2, 0.25) is 0 Å². The van der Waals surface area contributed by atoms with Crippen LogP contribution in [0.4, 0.5) is 0 Å². The van der Waals surface area contributed by atoms with Crippen LogP contribution in [-0.4, -0.2) is 24.7 Å². The summed E-state index contributed by atoms with van der Waals surface area (Å²) in [6, 6.07) is 3.99. The SMILES string of the molecule is COC(=O)c1[nH]c2c(C)ccc(C)c2c1OCC=CCl. The van der Waals surface area contributed by atoms with Gasteiger partial charge >= 0.3 is 5.97 Å². The number of halogens is 1. The Morgan fingerprint density at radius 1 is 1.35 bits per heavy atom. The minimum Gasteiger partial charge on any atom is -0.486 e. The monoisotopic (exact) mass is 293 g/mol. The molecule has 0 spiro atoms. The van der Waals surface area contributed by atoms with Crippen LogP contribution < -0.4 is 4.74 Å². The number of rotatable bonds is 4. The second-order valence-electron chi connectivity index (χ2n) is 4.44. The molecule has 1 N–H and O–H groups in total. The first-order valence-electron chi connectivity index (χ1n) is 6.18. The maximum Gasteiger partial charge on any atom is 0.358 e. The summed E-state index contributed by atoms with van der Waals surface area (Å²) in [5, 5.41) is 0.897.